The summed E-state index contributed by atoms with van der Waals surface area (Å²) in [6.07, 6.45) is 1.45. The number of benzene rings is 1. The summed E-state index contributed by atoms with van der Waals surface area (Å²) in [7, 11) is 0. The molecule has 0 spiro atoms. The highest BCUT2D eigenvalue weighted by molar-refractivity contribution is 5.89. The summed E-state index contributed by atoms with van der Waals surface area (Å²) < 4.78 is 5.62. The van der Waals surface area contributed by atoms with Crippen molar-refractivity contribution >= 4 is 11.7 Å². The van der Waals surface area contributed by atoms with Gasteiger partial charge in [0.15, 0.2) is 0 Å². The Hall–Kier alpha value is -1.59. The van der Waals surface area contributed by atoms with E-state index in [2.05, 4.69) is 10.6 Å². The van der Waals surface area contributed by atoms with E-state index in [9.17, 15) is 9.90 Å². The number of ether oxygens (including phenoxy) is 1. The van der Waals surface area contributed by atoms with E-state index >= 15 is 0 Å². The summed E-state index contributed by atoms with van der Waals surface area (Å²) in [6, 6.07) is 6.92. The van der Waals surface area contributed by atoms with Gasteiger partial charge in [0.1, 0.15) is 0 Å². The van der Waals surface area contributed by atoms with Crippen molar-refractivity contribution in [2.75, 3.05) is 18.5 Å². The lowest BCUT2D eigenvalue weighted by Crippen LogP contribution is -2.41. The minimum absolute atomic E-state index is 0.251. The summed E-state index contributed by atoms with van der Waals surface area (Å²) in [6.45, 7) is 4.96. The minimum atomic E-state index is -0.550. The number of hydrogen-bond acceptors (Lipinski definition) is 3. The normalized spacial score (nSPS) is 23.4. The molecule has 1 heterocycles. The van der Waals surface area contributed by atoms with Gasteiger partial charge in [0.05, 0.1) is 11.7 Å². The Morgan fingerprint density at radius 1 is 1.55 bits per heavy atom. The highest BCUT2D eigenvalue weighted by atomic mass is 16.5. The molecular formula is C15H22N2O3. The van der Waals surface area contributed by atoms with Crippen LogP contribution in [-0.2, 0) is 4.74 Å². The van der Waals surface area contributed by atoms with Crippen LogP contribution < -0.4 is 10.6 Å². The zero-order valence-electron chi connectivity index (χ0n) is 12.0. The lowest BCUT2D eigenvalue weighted by Gasteiger charge is -2.23. The maximum atomic E-state index is 11.9. The lowest BCUT2D eigenvalue weighted by atomic mass is 10.0. The van der Waals surface area contributed by atoms with Gasteiger partial charge >= 0.3 is 6.03 Å². The molecule has 0 bridgehead atoms. The zero-order valence-corrected chi connectivity index (χ0v) is 12.0. The average Bonchev–Trinajstić information content (AvgIpc) is 2.84. The standard InChI is InChI=1S/C15H22N2O3/c1-11(18)12-5-3-6-13(9-12)17-14(19)16-10-15(2)7-4-8-20-15/h3,5-6,9,11,18H,4,7-8,10H2,1-2H3,(H2,16,17,19). The largest absolute Gasteiger partial charge is 0.389 e. The SMILES string of the molecule is CC(O)c1cccc(NC(=O)NCC2(C)CCCO2)c1. The van der Waals surface area contributed by atoms with Crippen LogP contribution in [0, 0.1) is 0 Å². The molecule has 1 aromatic carbocycles. The number of carbonyl (C=O) groups excluding carboxylic acids is 1. The second-order valence-corrected chi connectivity index (χ2v) is 5.51. The Balaban J connectivity index is 1.86. The van der Waals surface area contributed by atoms with E-state index in [1.807, 2.05) is 13.0 Å². The predicted molar refractivity (Wildman–Crippen MR) is 77.7 cm³/mol. The lowest BCUT2D eigenvalue weighted by molar-refractivity contribution is 0.0232. The molecule has 1 saturated heterocycles. The van der Waals surface area contributed by atoms with E-state index in [4.69, 9.17) is 4.74 Å². The van der Waals surface area contributed by atoms with Crippen LogP contribution >= 0.6 is 0 Å². The van der Waals surface area contributed by atoms with E-state index in [0.717, 1.165) is 25.0 Å². The monoisotopic (exact) mass is 278 g/mol. The number of aliphatic hydroxyl groups is 1. The van der Waals surface area contributed by atoms with Crippen molar-refractivity contribution in [3.05, 3.63) is 29.8 Å². The van der Waals surface area contributed by atoms with Crippen molar-refractivity contribution in [3.63, 3.8) is 0 Å². The fraction of sp³-hybridized carbons (Fsp3) is 0.533. The smallest absolute Gasteiger partial charge is 0.319 e. The highest BCUT2D eigenvalue weighted by Gasteiger charge is 2.29. The molecule has 0 aliphatic carbocycles. The van der Waals surface area contributed by atoms with E-state index in [1.165, 1.54) is 0 Å². The molecule has 2 atom stereocenters. The predicted octanol–water partition coefficient (Wildman–Crippen LogP) is 2.43. The molecule has 5 nitrogen and oxygen atoms in total. The van der Waals surface area contributed by atoms with Gasteiger partial charge in [-0.05, 0) is 44.4 Å². The maximum absolute atomic E-state index is 11.9. The number of hydrogen-bond donors (Lipinski definition) is 3. The van der Waals surface area contributed by atoms with Crippen molar-refractivity contribution in [3.8, 4) is 0 Å². The van der Waals surface area contributed by atoms with E-state index in [-0.39, 0.29) is 11.6 Å². The second-order valence-electron chi connectivity index (χ2n) is 5.51. The fourth-order valence-corrected chi connectivity index (χ4v) is 2.30. The van der Waals surface area contributed by atoms with E-state index < -0.39 is 6.10 Å². The van der Waals surface area contributed by atoms with Crippen molar-refractivity contribution in [2.24, 2.45) is 0 Å². The number of nitrogens with one attached hydrogen (secondary N) is 2. The summed E-state index contributed by atoms with van der Waals surface area (Å²) in [5.41, 5.74) is 1.19. The third-order valence-corrected chi connectivity index (χ3v) is 3.55. The summed E-state index contributed by atoms with van der Waals surface area (Å²) in [5, 5.41) is 15.1. The maximum Gasteiger partial charge on any atom is 0.319 e. The van der Waals surface area contributed by atoms with Crippen LogP contribution in [0.3, 0.4) is 0 Å². The van der Waals surface area contributed by atoms with Crippen LogP contribution in [0.1, 0.15) is 38.4 Å². The van der Waals surface area contributed by atoms with Crippen LogP contribution in [0.25, 0.3) is 0 Å². The van der Waals surface area contributed by atoms with Crippen molar-refractivity contribution in [2.45, 2.75) is 38.4 Å². The molecular weight excluding hydrogens is 256 g/mol. The van der Waals surface area contributed by atoms with Gasteiger partial charge in [-0.1, -0.05) is 12.1 Å². The van der Waals surface area contributed by atoms with Gasteiger partial charge in [0.2, 0.25) is 0 Å². The summed E-state index contributed by atoms with van der Waals surface area (Å²) >= 11 is 0. The molecule has 1 fully saturated rings. The first-order valence-electron chi connectivity index (χ1n) is 6.95. The van der Waals surface area contributed by atoms with Gasteiger partial charge in [0.25, 0.3) is 0 Å². The Kier molecular flexibility index (Phi) is 4.62. The number of amides is 2. The molecule has 2 unspecified atom stereocenters. The first-order chi connectivity index (χ1) is 9.48. The number of carbonyl (C=O) groups is 1. The molecule has 1 aliphatic heterocycles. The van der Waals surface area contributed by atoms with E-state index in [0.29, 0.717) is 12.2 Å². The molecule has 3 N–H and O–H groups in total. The minimum Gasteiger partial charge on any atom is -0.389 e. The van der Waals surface area contributed by atoms with Gasteiger partial charge in [0, 0.05) is 18.8 Å². The molecule has 110 valence electrons. The highest BCUT2D eigenvalue weighted by Crippen LogP contribution is 2.24. The molecule has 2 rings (SSSR count). The Morgan fingerprint density at radius 2 is 2.35 bits per heavy atom. The quantitative estimate of drug-likeness (QED) is 0.792. The second kappa shape index (κ2) is 6.24. The molecule has 0 saturated carbocycles. The van der Waals surface area contributed by atoms with Gasteiger partial charge < -0.3 is 20.5 Å². The number of aliphatic hydroxyl groups excluding tert-OH is 1. The Labute approximate surface area is 119 Å². The van der Waals surface area contributed by atoms with Crippen LogP contribution in [0.5, 0.6) is 0 Å². The Bertz CT molecular complexity index is 468. The van der Waals surface area contributed by atoms with Gasteiger partial charge in [-0.15, -0.1) is 0 Å². The van der Waals surface area contributed by atoms with Crippen molar-refractivity contribution in [1.82, 2.24) is 5.32 Å². The third-order valence-electron chi connectivity index (χ3n) is 3.55. The van der Waals surface area contributed by atoms with E-state index in [1.54, 1.807) is 25.1 Å². The molecule has 0 aromatic heterocycles. The molecule has 1 aliphatic rings. The number of anilines is 1. The zero-order chi connectivity index (χ0) is 14.6. The van der Waals surface area contributed by atoms with Crippen LogP contribution in [-0.4, -0.2) is 29.9 Å². The summed E-state index contributed by atoms with van der Waals surface area (Å²) in [5.74, 6) is 0. The first kappa shape index (κ1) is 14.8. The molecule has 2 amide bonds. The van der Waals surface area contributed by atoms with Crippen molar-refractivity contribution < 1.29 is 14.6 Å². The van der Waals surface area contributed by atoms with Crippen molar-refractivity contribution in [1.29, 1.82) is 0 Å². The van der Waals surface area contributed by atoms with Gasteiger partial charge in [-0.2, -0.15) is 0 Å². The number of urea groups is 1. The molecule has 0 radical (unpaired) electrons. The van der Waals surface area contributed by atoms with Crippen LogP contribution in [0.15, 0.2) is 24.3 Å². The molecule has 5 heteroatoms. The van der Waals surface area contributed by atoms with Crippen LogP contribution in [0.4, 0.5) is 10.5 Å². The third kappa shape index (κ3) is 3.95. The molecule has 1 aromatic rings. The van der Waals surface area contributed by atoms with Gasteiger partial charge in [-0.25, -0.2) is 4.79 Å². The fourth-order valence-electron chi connectivity index (χ4n) is 2.30. The first-order valence-corrected chi connectivity index (χ1v) is 6.95. The average molecular weight is 278 g/mol. The van der Waals surface area contributed by atoms with Gasteiger partial charge in [-0.3, -0.25) is 0 Å². The molecule has 20 heavy (non-hydrogen) atoms. The topological polar surface area (TPSA) is 70.6 Å². The number of rotatable bonds is 4. The van der Waals surface area contributed by atoms with Crippen LogP contribution in [0.2, 0.25) is 0 Å². The Morgan fingerprint density at radius 3 is 3.00 bits per heavy atom. The summed E-state index contributed by atoms with van der Waals surface area (Å²) in [4.78, 5) is 11.9.